The second kappa shape index (κ2) is 4.32. The van der Waals surface area contributed by atoms with E-state index in [0.29, 0.717) is 23.5 Å². The molecule has 0 bridgehead atoms. The molecule has 21 heavy (non-hydrogen) atoms. The molecule has 2 saturated carbocycles. The van der Waals surface area contributed by atoms with Gasteiger partial charge in [0.05, 0.1) is 6.10 Å². The second-order valence-electron chi connectivity index (χ2n) is 8.17. The summed E-state index contributed by atoms with van der Waals surface area (Å²) in [5.41, 5.74) is 1.52. The summed E-state index contributed by atoms with van der Waals surface area (Å²) in [5, 5.41) is 9.91. The minimum absolute atomic E-state index is 0.0409. The first kappa shape index (κ1) is 13.8. The van der Waals surface area contributed by atoms with E-state index in [1.54, 1.807) is 0 Å². The summed E-state index contributed by atoms with van der Waals surface area (Å²) in [5.74, 6) is 2.41. The first-order valence-electron chi connectivity index (χ1n) is 8.55. The predicted octanol–water partition coefficient (Wildman–Crippen LogP) is 3.66. The number of carbonyl (C=O) groups is 1. The Hall–Kier alpha value is -0.890. The highest BCUT2D eigenvalue weighted by Gasteiger charge is 2.57. The van der Waals surface area contributed by atoms with Gasteiger partial charge in [-0.25, -0.2) is 0 Å². The maximum atomic E-state index is 12.3. The van der Waals surface area contributed by atoms with Crippen molar-refractivity contribution in [2.45, 2.75) is 58.5 Å². The van der Waals surface area contributed by atoms with E-state index in [1.807, 2.05) is 6.08 Å². The Bertz CT molecular complexity index is 546. The molecule has 0 saturated heterocycles. The van der Waals surface area contributed by atoms with Gasteiger partial charge in [0.25, 0.3) is 0 Å². The average molecular weight is 286 g/mol. The molecule has 4 aliphatic carbocycles. The van der Waals surface area contributed by atoms with Crippen molar-refractivity contribution < 1.29 is 9.90 Å². The lowest BCUT2D eigenvalue weighted by atomic mass is 9.49. The molecular weight excluding hydrogens is 260 g/mol. The summed E-state index contributed by atoms with van der Waals surface area (Å²) in [4.78, 5) is 12.3. The highest BCUT2D eigenvalue weighted by atomic mass is 16.3. The summed E-state index contributed by atoms with van der Waals surface area (Å²) in [6, 6.07) is 0. The van der Waals surface area contributed by atoms with Crippen molar-refractivity contribution >= 4 is 5.78 Å². The first-order chi connectivity index (χ1) is 9.95. The molecule has 0 heterocycles. The molecule has 0 radical (unpaired) electrons. The quantitative estimate of drug-likeness (QED) is 0.690. The van der Waals surface area contributed by atoms with Crippen molar-refractivity contribution in [2.75, 3.05) is 0 Å². The third kappa shape index (κ3) is 1.72. The summed E-state index contributed by atoms with van der Waals surface area (Å²) < 4.78 is 0. The van der Waals surface area contributed by atoms with Crippen LogP contribution in [-0.4, -0.2) is 17.0 Å². The average Bonchev–Trinajstić information content (AvgIpc) is 2.76. The van der Waals surface area contributed by atoms with Crippen LogP contribution < -0.4 is 0 Å². The molecule has 0 amide bonds. The molecule has 6 atom stereocenters. The number of hydrogen-bond donors (Lipinski definition) is 1. The van der Waals surface area contributed by atoms with Gasteiger partial charge in [-0.05, 0) is 49.9 Å². The zero-order valence-electron chi connectivity index (χ0n) is 13.1. The molecule has 1 N–H and O–H groups in total. The Balaban J connectivity index is 1.72. The molecule has 0 spiro atoms. The van der Waals surface area contributed by atoms with Crippen LogP contribution in [0.25, 0.3) is 0 Å². The molecule has 0 aromatic rings. The van der Waals surface area contributed by atoms with Gasteiger partial charge < -0.3 is 5.11 Å². The molecule has 0 aliphatic heterocycles. The van der Waals surface area contributed by atoms with Gasteiger partial charge in [-0.1, -0.05) is 37.6 Å². The van der Waals surface area contributed by atoms with Crippen LogP contribution in [0.2, 0.25) is 0 Å². The lowest BCUT2D eigenvalue weighted by molar-refractivity contribution is -0.131. The Morgan fingerprint density at radius 3 is 2.86 bits per heavy atom. The second-order valence-corrected chi connectivity index (χ2v) is 8.17. The third-order valence-corrected chi connectivity index (χ3v) is 7.34. The number of ketones is 1. The SMILES string of the molecule is C[C@]12C=C[C@H](O)CC1=CCC1C2CC[C@]2(C)C(=O)CCC12. The normalized spacial score (nSPS) is 52.0. The van der Waals surface area contributed by atoms with E-state index < -0.39 is 0 Å². The lowest BCUT2D eigenvalue weighted by Gasteiger charge is -2.55. The van der Waals surface area contributed by atoms with Crippen LogP contribution in [0.15, 0.2) is 23.8 Å². The molecule has 4 aliphatic rings. The zero-order chi connectivity index (χ0) is 14.8. The molecule has 114 valence electrons. The molecule has 2 nitrogen and oxygen atoms in total. The van der Waals surface area contributed by atoms with Crippen molar-refractivity contribution in [3.63, 3.8) is 0 Å². The Morgan fingerprint density at radius 1 is 1.24 bits per heavy atom. The van der Waals surface area contributed by atoms with E-state index in [1.165, 1.54) is 5.57 Å². The number of fused-ring (bicyclic) bond motifs is 5. The van der Waals surface area contributed by atoms with E-state index in [-0.39, 0.29) is 16.9 Å². The van der Waals surface area contributed by atoms with Crippen molar-refractivity contribution in [2.24, 2.45) is 28.6 Å². The first-order valence-corrected chi connectivity index (χ1v) is 8.55. The van der Waals surface area contributed by atoms with Crippen molar-refractivity contribution in [3.8, 4) is 0 Å². The minimum atomic E-state index is -0.303. The van der Waals surface area contributed by atoms with E-state index in [2.05, 4.69) is 26.0 Å². The van der Waals surface area contributed by atoms with Crippen LogP contribution >= 0.6 is 0 Å². The third-order valence-electron chi connectivity index (χ3n) is 7.34. The van der Waals surface area contributed by atoms with Crippen LogP contribution in [0, 0.1) is 28.6 Å². The van der Waals surface area contributed by atoms with Crippen LogP contribution in [0.4, 0.5) is 0 Å². The molecule has 3 unspecified atom stereocenters. The van der Waals surface area contributed by atoms with E-state index in [4.69, 9.17) is 0 Å². The molecule has 0 aromatic carbocycles. The van der Waals surface area contributed by atoms with Crippen LogP contribution in [0.3, 0.4) is 0 Å². The highest BCUT2D eigenvalue weighted by Crippen LogP contribution is 2.62. The van der Waals surface area contributed by atoms with Crippen LogP contribution in [-0.2, 0) is 4.79 Å². The van der Waals surface area contributed by atoms with Crippen molar-refractivity contribution in [1.29, 1.82) is 0 Å². The topological polar surface area (TPSA) is 37.3 Å². The number of carbonyl (C=O) groups excluding carboxylic acids is 1. The monoisotopic (exact) mass is 286 g/mol. The fraction of sp³-hybridized carbons (Fsp3) is 0.737. The fourth-order valence-corrected chi connectivity index (χ4v) is 6.01. The minimum Gasteiger partial charge on any atom is -0.389 e. The number of aliphatic hydroxyl groups is 1. The van der Waals surface area contributed by atoms with Gasteiger partial charge in [-0.2, -0.15) is 0 Å². The van der Waals surface area contributed by atoms with Gasteiger partial charge in [-0.3, -0.25) is 4.79 Å². The molecule has 4 rings (SSSR count). The van der Waals surface area contributed by atoms with E-state index in [9.17, 15) is 9.90 Å². The summed E-state index contributed by atoms with van der Waals surface area (Å²) in [6.07, 6.45) is 12.4. The van der Waals surface area contributed by atoms with Gasteiger partial charge in [0.1, 0.15) is 5.78 Å². The summed E-state index contributed by atoms with van der Waals surface area (Å²) >= 11 is 0. The predicted molar refractivity (Wildman–Crippen MR) is 82.6 cm³/mol. The summed E-state index contributed by atoms with van der Waals surface area (Å²) in [7, 11) is 0. The highest BCUT2D eigenvalue weighted by molar-refractivity contribution is 5.87. The molecule has 0 aromatic heterocycles. The largest absolute Gasteiger partial charge is 0.389 e. The number of rotatable bonds is 0. The number of allylic oxidation sites excluding steroid dienone is 2. The standard InChI is InChI=1S/C19H26O2/c1-18-9-7-13(20)11-12(18)3-4-14-15-5-6-17(21)19(15,2)10-8-16(14)18/h3,7,9,13-16,20H,4-6,8,10-11H2,1-2H3/t13-,14?,15?,16?,18-,19-/m0/s1. The maximum absolute atomic E-state index is 12.3. The Labute approximate surface area is 127 Å². The maximum Gasteiger partial charge on any atom is 0.139 e. The molecular formula is C19H26O2. The van der Waals surface area contributed by atoms with Gasteiger partial charge >= 0.3 is 0 Å². The Morgan fingerprint density at radius 2 is 2.05 bits per heavy atom. The zero-order valence-corrected chi connectivity index (χ0v) is 13.1. The van der Waals surface area contributed by atoms with Gasteiger partial charge in [0.2, 0.25) is 0 Å². The fourth-order valence-electron chi connectivity index (χ4n) is 6.01. The number of aliphatic hydroxyl groups excluding tert-OH is 1. The van der Waals surface area contributed by atoms with Crippen LogP contribution in [0.5, 0.6) is 0 Å². The smallest absolute Gasteiger partial charge is 0.139 e. The van der Waals surface area contributed by atoms with Crippen molar-refractivity contribution in [3.05, 3.63) is 23.8 Å². The van der Waals surface area contributed by atoms with Gasteiger partial charge in [-0.15, -0.1) is 0 Å². The lowest BCUT2D eigenvalue weighted by Crippen LogP contribution is -2.49. The molecule has 2 fully saturated rings. The Kier molecular flexibility index (Phi) is 2.83. The number of Topliss-reactive ketones (excluding diaryl/α,β-unsaturated/α-hetero) is 1. The van der Waals surface area contributed by atoms with Crippen LogP contribution in [0.1, 0.15) is 52.4 Å². The number of hydrogen-bond acceptors (Lipinski definition) is 2. The van der Waals surface area contributed by atoms with Gasteiger partial charge in [0, 0.05) is 17.3 Å². The van der Waals surface area contributed by atoms with Crippen molar-refractivity contribution in [1.82, 2.24) is 0 Å². The van der Waals surface area contributed by atoms with Gasteiger partial charge in [0.15, 0.2) is 0 Å². The van der Waals surface area contributed by atoms with E-state index >= 15 is 0 Å². The molecule has 2 heteroatoms. The summed E-state index contributed by atoms with van der Waals surface area (Å²) in [6.45, 7) is 4.59. The van der Waals surface area contributed by atoms with E-state index in [0.717, 1.165) is 38.5 Å².